The molecule has 0 amide bonds. The Balaban J connectivity index is 1.84. The fourth-order valence-electron chi connectivity index (χ4n) is 3.20. The Morgan fingerprint density at radius 1 is 1.32 bits per heavy atom. The molecule has 3 N–H and O–H groups in total. The highest BCUT2D eigenvalue weighted by atomic mass is 16.5. The van der Waals surface area contributed by atoms with Crippen molar-refractivity contribution in [3.8, 4) is 0 Å². The first-order valence-corrected chi connectivity index (χ1v) is 8.57. The third kappa shape index (κ3) is 4.40. The standard InChI is InChI=1S/C17H24N6O2/c1-25-15(24)11-23-17(20-21-22-23)16(12-5-3-2-4-6-12)19-14-9-7-13(18)8-10-14/h2-6,13-14,16,19H,7-11,18H2,1H3. The summed E-state index contributed by atoms with van der Waals surface area (Å²) in [6.45, 7) is -0.0145. The molecule has 25 heavy (non-hydrogen) atoms. The van der Waals surface area contributed by atoms with Crippen LogP contribution in [0.15, 0.2) is 30.3 Å². The zero-order valence-corrected chi connectivity index (χ0v) is 14.3. The molecule has 1 aliphatic rings. The number of aromatic nitrogens is 4. The third-order valence-corrected chi connectivity index (χ3v) is 4.63. The minimum atomic E-state index is -0.385. The van der Waals surface area contributed by atoms with Crippen molar-refractivity contribution in [2.24, 2.45) is 5.73 Å². The van der Waals surface area contributed by atoms with Crippen molar-refractivity contribution in [2.45, 2.75) is 50.4 Å². The van der Waals surface area contributed by atoms with Crippen molar-refractivity contribution in [2.75, 3.05) is 7.11 Å². The van der Waals surface area contributed by atoms with Crippen LogP contribution in [0, 0.1) is 0 Å². The van der Waals surface area contributed by atoms with Gasteiger partial charge in [-0.1, -0.05) is 30.3 Å². The van der Waals surface area contributed by atoms with Crippen LogP contribution in [0.3, 0.4) is 0 Å². The number of hydrogen-bond donors (Lipinski definition) is 2. The van der Waals surface area contributed by atoms with E-state index in [1.165, 1.54) is 11.8 Å². The molecule has 1 aliphatic carbocycles. The second-order valence-corrected chi connectivity index (χ2v) is 6.39. The summed E-state index contributed by atoms with van der Waals surface area (Å²) >= 11 is 0. The van der Waals surface area contributed by atoms with Crippen LogP contribution in [-0.4, -0.2) is 45.4 Å². The average molecular weight is 344 g/mol. The number of carbonyl (C=O) groups excluding carboxylic acids is 1. The molecule has 0 saturated heterocycles. The minimum Gasteiger partial charge on any atom is -0.468 e. The maximum atomic E-state index is 11.6. The number of nitrogens with two attached hydrogens (primary N) is 1. The molecule has 0 aliphatic heterocycles. The summed E-state index contributed by atoms with van der Waals surface area (Å²) in [6, 6.07) is 10.4. The van der Waals surface area contributed by atoms with Gasteiger partial charge in [-0.2, -0.15) is 0 Å². The van der Waals surface area contributed by atoms with Gasteiger partial charge in [-0.05, 0) is 41.7 Å². The Labute approximate surface area is 146 Å². The first-order chi connectivity index (χ1) is 12.2. The summed E-state index contributed by atoms with van der Waals surface area (Å²) in [5, 5.41) is 15.5. The van der Waals surface area contributed by atoms with Crippen LogP contribution in [0.25, 0.3) is 0 Å². The van der Waals surface area contributed by atoms with E-state index in [1.807, 2.05) is 30.3 Å². The quantitative estimate of drug-likeness (QED) is 0.746. The van der Waals surface area contributed by atoms with Crippen molar-refractivity contribution in [1.29, 1.82) is 0 Å². The average Bonchev–Trinajstić information content (AvgIpc) is 3.09. The Morgan fingerprint density at radius 3 is 2.72 bits per heavy atom. The van der Waals surface area contributed by atoms with Gasteiger partial charge in [0.15, 0.2) is 5.82 Å². The number of esters is 1. The molecule has 1 aromatic heterocycles. The van der Waals surface area contributed by atoms with Crippen LogP contribution >= 0.6 is 0 Å². The van der Waals surface area contributed by atoms with Gasteiger partial charge in [0.25, 0.3) is 0 Å². The minimum absolute atomic E-state index is 0.0145. The molecule has 134 valence electrons. The molecular formula is C17H24N6O2. The zero-order valence-electron chi connectivity index (χ0n) is 14.3. The van der Waals surface area contributed by atoms with Crippen LogP contribution in [0.2, 0.25) is 0 Å². The molecule has 1 atom stereocenters. The third-order valence-electron chi connectivity index (χ3n) is 4.63. The van der Waals surface area contributed by atoms with E-state index in [4.69, 9.17) is 10.5 Å². The predicted molar refractivity (Wildman–Crippen MR) is 91.5 cm³/mol. The van der Waals surface area contributed by atoms with Gasteiger partial charge in [0.05, 0.1) is 13.2 Å². The van der Waals surface area contributed by atoms with Crippen molar-refractivity contribution < 1.29 is 9.53 Å². The molecule has 1 heterocycles. The Hall–Kier alpha value is -2.32. The number of ether oxygens (including phenoxy) is 1. The molecule has 8 nitrogen and oxygen atoms in total. The maximum Gasteiger partial charge on any atom is 0.327 e. The predicted octanol–water partition coefficient (Wildman–Crippen LogP) is 0.795. The molecule has 1 fully saturated rings. The first kappa shape index (κ1) is 17.5. The van der Waals surface area contributed by atoms with Crippen molar-refractivity contribution in [1.82, 2.24) is 25.5 Å². The molecule has 1 aromatic carbocycles. The number of hydrogen-bond acceptors (Lipinski definition) is 7. The van der Waals surface area contributed by atoms with E-state index in [9.17, 15) is 4.79 Å². The molecule has 0 radical (unpaired) electrons. The van der Waals surface area contributed by atoms with Crippen molar-refractivity contribution >= 4 is 5.97 Å². The number of methoxy groups -OCH3 is 1. The van der Waals surface area contributed by atoms with E-state index in [0.717, 1.165) is 31.2 Å². The number of nitrogens with one attached hydrogen (secondary N) is 1. The fraction of sp³-hybridized carbons (Fsp3) is 0.529. The van der Waals surface area contributed by atoms with Gasteiger partial charge in [-0.3, -0.25) is 4.79 Å². The lowest BCUT2D eigenvalue weighted by molar-refractivity contribution is -0.141. The van der Waals surface area contributed by atoms with Crippen LogP contribution in [0.5, 0.6) is 0 Å². The zero-order chi connectivity index (χ0) is 17.6. The summed E-state index contributed by atoms with van der Waals surface area (Å²) in [6.07, 6.45) is 4.05. The van der Waals surface area contributed by atoms with Gasteiger partial charge in [0.2, 0.25) is 0 Å². The van der Waals surface area contributed by atoms with E-state index in [1.54, 1.807) is 0 Å². The van der Waals surface area contributed by atoms with E-state index in [-0.39, 0.29) is 24.6 Å². The van der Waals surface area contributed by atoms with E-state index in [0.29, 0.717) is 11.9 Å². The highest BCUT2D eigenvalue weighted by Gasteiger charge is 2.27. The van der Waals surface area contributed by atoms with Crippen LogP contribution < -0.4 is 11.1 Å². The van der Waals surface area contributed by atoms with Gasteiger partial charge in [-0.15, -0.1) is 5.10 Å². The molecule has 1 saturated carbocycles. The number of carbonyl (C=O) groups is 1. The van der Waals surface area contributed by atoms with Gasteiger partial charge >= 0.3 is 5.97 Å². The summed E-state index contributed by atoms with van der Waals surface area (Å²) in [5.41, 5.74) is 7.07. The van der Waals surface area contributed by atoms with E-state index in [2.05, 4.69) is 20.8 Å². The highest BCUT2D eigenvalue weighted by Crippen LogP contribution is 2.25. The lowest BCUT2D eigenvalue weighted by atomic mass is 9.90. The highest BCUT2D eigenvalue weighted by molar-refractivity contribution is 5.68. The Morgan fingerprint density at radius 2 is 2.04 bits per heavy atom. The molecular weight excluding hydrogens is 320 g/mol. The molecule has 1 unspecified atom stereocenters. The van der Waals surface area contributed by atoms with Gasteiger partial charge < -0.3 is 15.8 Å². The number of tetrazole rings is 1. The van der Waals surface area contributed by atoms with E-state index < -0.39 is 0 Å². The summed E-state index contributed by atoms with van der Waals surface area (Å²) in [7, 11) is 1.35. The van der Waals surface area contributed by atoms with Gasteiger partial charge in [0.1, 0.15) is 6.54 Å². The lowest BCUT2D eigenvalue weighted by Crippen LogP contribution is -2.40. The smallest absolute Gasteiger partial charge is 0.327 e. The fourth-order valence-corrected chi connectivity index (χ4v) is 3.20. The summed E-state index contributed by atoms with van der Waals surface area (Å²) in [5.74, 6) is 0.218. The topological polar surface area (TPSA) is 108 Å². The molecule has 0 bridgehead atoms. The van der Waals surface area contributed by atoms with Crippen LogP contribution in [-0.2, 0) is 16.1 Å². The number of nitrogens with zero attached hydrogens (tertiary/aromatic N) is 4. The number of benzene rings is 1. The monoisotopic (exact) mass is 344 g/mol. The summed E-state index contributed by atoms with van der Waals surface area (Å²) < 4.78 is 6.23. The van der Waals surface area contributed by atoms with Crippen molar-refractivity contribution in [3.05, 3.63) is 41.7 Å². The second-order valence-electron chi connectivity index (χ2n) is 6.39. The SMILES string of the molecule is COC(=O)Cn1nnnc1C(NC1CCC(N)CC1)c1ccccc1. The lowest BCUT2D eigenvalue weighted by Gasteiger charge is -2.30. The second kappa shape index (κ2) is 8.17. The Kier molecular flexibility index (Phi) is 5.72. The van der Waals surface area contributed by atoms with Gasteiger partial charge in [0, 0.05) is 12.1 Å². The Bertz CT molecular complexity index is 681. The number of rotatable bonds is 6. The largest absolute Gasteiger partial charge is 0.468 e. The molecule has 2 aromatic rings. The van der Waals surface area contributed by atoms with E-state index >= 15 is 0 Å². The van der Waals surface area contributed by atoms with Crippen LogP contribution in [0.1, 0.15) is 43.1 Å². The molecule has 3 rings (SSSR count). The summed E-state index contributed by atoms with van der Waals surface area (Å²) in [4.78, 5) is 11.6. The normalized spacial score (nSPS) is 21.7. The van der Waals surface area contributed by atoms with Crippen LogP contribution in [0.4, 0.5) is 0 Å². The molecule has 0 spiro atoms. The first-order valence-electron chi connectivity index (χ1n) is 8.57. The molecule has 8 heteroatoms. The maximum absolute atomic E-state index is 11.6. The van der Waals surface area contributed by atoms with Crippen molar-refractivity contribution in [3.63, 3.8) is 0 Å². The van der Waals surface area contributed by atoms with Gasteiger partial charge in [-0.25, -0.2) is 4.68 Å².